The molecule has 0 fully saturated rings. The minimum Gasteiger partial charge on any atom is -0.497 e. The predicted molar refractivity (Wildman–Crippen MR) is 117 cm³/mol. The second kappa shape index (κ2) is 9.09. The Kier molecular flexibility index (Phi) is 6.52. The predicted octanol–water partition coefficient (Wildman–Crippen LogP) is 4.67. The molecule has 7 heteroatoms. The molecule has 0 saturated carbocycles. The Labute approximate surface area is 177 Å². The Balaban J connectivity index is 2.16. The summed E-state index contributed by atoms with van der Waals surface area (Å²) in [6, 6.07) is 20.1. The van der Waals surface area contributed by atoms with Gasteiger partial charge < -0.3 is 14.2 Å². The number of nitrogens with zero attached hydrogens (tertiary/aromatic N) is 1. The largest absolute Gasteiger partial charge is 0.497 e. The first-order chi connectivity index (χ1) is 14.4. The molecule has 0 saturated heterocycles. The molecule has 0 radical (unpaired) electrons. The summed E-state index contributed by atoms with van der Waals surface area (Å²) in [5.74, 6) is 1.78. The van der Waals surface area contributed by atoms with Gasteiger partial charge in [-0.05, 0) is 61.5 Å². The number of anilines is 1. The van der Waals surface area contributed by atoms with Gasteiger partial charge in [-0.25, -0.2) is 8.42 Å². The first kappa shape index (κ1) is 21.5. The molecule has 158 valence electrons. The molecule has 0 spiro atoms. The molecule has 0 aliphatic rings. The molecule has 0 heterocycles. The lowest BCUT2D eigenvalue weighted by molar-refractivity contribution is 0.396. The van der Waals surface area contributed by atoms with E-state index in [0.717, 1.165) is 0 Å². The van der Waals surface area contributed by atoms with Crippen molar-refractivity contribution in [1.29, 1.82) is 0 Å². The maximum absolute atomic E-state index is 13.7. The third-order valence-electron chi connectivity index (χ3n) is 4.87. The monoisotopic (exact) mass is 427 g/mol. The van der Waals surface area contributed by atoms with Crippen LogP contribution in [0.3, 0.4) is 0 Å². The zero-order valence-corrected chi connectivity index (χ0v) is 18.2. The first-order valence-electron chi connectivity index (χ1n) is 9.38. The van der Waals surface area contributed by atoms with Gasteiger partial charge in [0.2, 0.25) is 0 Å². The molecule has 0 aromatic heterocycles. The van der Waals surface area contributed by atoms with E-state index in [1.807, 2.05) is 13.0 Å². The average Bonchev–Trinajstić information content (AvgIpc) is 2.79. The fraction of sp³-hybridized carbons (Fsp3) is 0.217. The summed E-state index contributed by atoms with van der Waals surface area (Å²) < 4.78 is 44.8. The number of benzene rings is 3. The molecule has 0 unspecified atom stereocenters. The Bertz CT molecular complexity index is 1080. The fourth-order valence-corrected chi connectivity index (χ4v) is 4.94. The fourth-order valence-electron chi connectivity index (χ4n) is 3.30. The van der Waals surface area contributed by atoms with E-state index in [4.69, 9.17) is 14.2 Å². The van der Waals surface area contributed by atoms with E-state index in [9.17, 15) is 8.42 Å². The maximum atomic E-state index is 13.7. The van der Waals surface area contributed by atoms with E-state index >= 15 is 0 Å². The molecule has 0 amide bonds. The van der Waals surface area contributed by atoms with Gasteiger partial charge in [0.05, 0.1) is 38.0 Å². The minimum atomic E-state index is -3.89. The van der Waals surface area contributed by atoms with Crippen molar-refractivity contribution in [2.75, 3.05) is 25.6 Å². The summed E-state index contributed by atoms with van der Waals surface area (Å²) >= 11 is 0. The van der Waals surface area contributed by atoms with Crippen LogP contribution in [-0.2, 0) is 10.0 Å². The van der Waals surface area contributed by atoms with Crippen LogP contribution >= 0.6 is 0 Å². The maximum Gasteiger partial charge on any atom is 0.264 e. The second-order valence-electron chi connectivity index (χ2n) is 6.60. The van der Waals surface area contributed by atoms with Gasteiger partial charge in [0.15, 0.2) is 0 Å². The van der Waals surface area contributed by atoms with Gasteiger partial charge in [-0.3, -0.25) is 4.31 Å². The van der Waals surface area contributed by atoms with Gasteiger partial charge in [0, 0.05) is 5.56 Å². The molecule has 0 bridgehead atoms. The smallest absolute Gasteiger partial charge is 0.264 e. The van der Waals surface area contributed by atoms with Gasteiger partial charge in [-0.15, -0.1) is 0 Å². The normalized spacial score (nSPS) is 12.1. The molecule has 6 nitrogen and oxygen atoms in total. The summed E-state index contributed by atoms with van der Waals surface area (Å²) in [5, 5.41) is 0. The van der Waals surface area contributed by atoms with Crippen LogP contribution in [-0.4, -0.2) is 29.7 Å². The van der Waals surface area contributed by atoms with Gasteiger partial charge in [0.25, 0.3) is 10.0 Å². The van der Waals surface area contributed by atoms with E-state index in [-0.39, 0.29) is 4.90 Å². The lowest BCUT2D eigenvalue weighted by atomic mass is 10.1. The van der Waals surface area contributed by atoms with Crippen LogP contribution in [0.4, 0.5) is 5.69 Å². The quantitative estimate of drug-likeness (QED) is 0.523. The van der Waals surface area contributed by atoms with E-state index in [1.165, 1.54) is 11.4 Å². The van der Waals surface area contributed by atoms with Crippen molar-refractivity contribution in [3.63, 3.8) is 0 Å². The lowest BCUT2D eigenvalue weighted by Gasteiger charge is -2.31. The van der Waals surface area contributed by atoms with Crippen LogP contribution in [0.15, 0.2) is 77.7 Å². The van der Waals surface area contributed by atoms with Gasteiger partial charge >= 0.3 is 0 Å². The number of rotatable bonds is 8. The van der Waals surface area contributed by atoms with E-state index < -0.39 is 16.1 Å². The molecule has 0 N–H and O–H groups in total. The first-order valence-corrected chi connectivity index (χ1v) is 10.8. The van der Waals surface area contributed by atoms with E-state index in [2.05, 4.69) is 0 Å². The molecule has 1 atom stereocenters. The second-order valence-corrected chi connectivity index (χ2v) is 8.41. The Morgan fingerprint density at radius 2 is 1.37 bits per heavy atom. The van der Waals surface area contributed by atoms with Crippen LogP contribution in [0.5, 0.6) is 17.2 Å². The molecule has 3 rings (SSSR count). The van der Waals surface area contributed by atoms with Crippen LogP contribution < -0.4 is 18.5 Å². The van der Waals surface area contributed by atoms with Crippen molar-refractivity contribution < 1.29 is 22.6 Å². The third kappa shape index (κ3) is 4.21. The van der Waals surface area contributed by atoms with Gasteiger partial charge in [-0.2, -0.15) is 0 Å². The molecule has 3 aromatic carbocycles. The van der Waals surface area contributed by atoms with Crippen molar-refractivity contribution in [2.45, 2.75) is 17.9 Å². The Morgan fingerprint density at radius 3 is 1.93 bits per heavy atom. The molecular weight excluding hydrogens is 402 g/mol. The van der Waals surface area contributed by atoms with Crippen LogP contribution in [0.1, 0.15) is 18.5 Å². The topological polar surface area (TPSA) is 65.1 Å². The van der Waals surface area contributed by atoms with Gasteiger partial charge in [0.1, 0.15) is 17.2 Å². The van der Waals surface area contributed by atoms with Crippen molar-refractivity contribution in [3.05, 3.63) is 78.4 Å². The highest BCUT2D eigenvalue weighted by Crippen LogP contribution is 2.38. The van der Waals surface area contributed by atoms with E-state index in [1.54, 1.807) is 80.9 Å². The number of hydrogen-bond acceptors (Lipinski definition) is 5. The number of para-hydroxylation sites is 1. The van der Waals surface area contributed by atoms with Gasteiger partial charge in [-0.1, -0.05) is 18.2 Å². The number of methoxy groups -OCH3 is 3. The molecule has 3 aromatic rings. The lowest BCUT2D eigenvalue weighted by Crippen LogP contribution is -2.34. The third-order valence-corrected chi connectivity index (χ3v) is 6.78. The van der Waals surface area contributed by atoms with Crippen molar-refractivity contribution in [3.8, 4) is 17.2 Å². The standard InChI is InChI=1S/C23H25NO5S/c1-17(22-16-20(28-3)12-15-23(22)29-4)24(18-8-6-5-7-9-18)30(25,26)21-13-10-19(27-2)11-14-21/h5-17H,1-4H3/t17-/m0/s1. The molecule has 0 aliphatic carbocycles. The SMILES string of the molecule is COc1ccc(S(=O)(=O)N(c2ccccc2)[C@@H](C)c2cc(OC)ccc2OC)cc1. The summed E-state index contributed by atoms with van der Waals surface area (Å²) in [4.78, 5) is 0.167. The molecule has 0 aliphatic heterocycles. The highest BCUT2D eigenvalue weighted by molar-refractivity contribution is 7.92. The van der Waals surface area contributed by atoms with Crippen LogP contribution in [0.2, 0.25) is 0 Å². The number of sulfonamides is 1. The Morgan fingerprint density at radius 1 is 0.767 bits per heavy atom. The van der Waals surface area contributed by atoms with E-state index in [0.29, 0.717) is 28.5 Å². The summed E-state index contributed by atoms with van der Waals surface area (Å²) in [6.07, 6.45) is 0. The highest BCUT2D eigenvalue weighted by atomic mass is 32.2. The van der Waals surface area contributed by atoms with Crippen molar-refractivity contribution in [2.24, 2.45) is 0 Å². The highest BCUT2D eigenvalue weighted by Gasteiger charge is 2.32. The zero-order valence-electron chi connectivity index (χ0n) is 17.4. The van der Waals surface area contributed by atoms with Crippen LogP contribution in [0, 0.1) is 0 Å². The summed E-state index contributed by atoms with van der Waals surface area (Å²) in [5.41, 5.74) is 1.24. The molecular formula is C23H25NO5S. The summed E-state index contributed by atoms with van der Waals surface area (Å²) in [7, 11) is 0.776. The zero-order chi connectivity index (χ0) is 21.7. The minimum absolute atomic E-state index is 0.167. The number of ether oxygens (including phenoxy) is 3. The average molecular weight is 428 g/mol. The van der Waals surface area contributed by atoms with Crippen LogP contribution in [0.25, 0.3) is 0 Å². The van der Waals surface area contributed by atoms with Crippen molar-refractivity contribution in [1.82, 2.24) is 0 Å². The van der Waals surface area contributed by atoms with Crippen molar-refractivity contribution >= 4 is 15.7 Å². The summed E-state index contributed by atoms with van der Waals surface area (Å²) in [6.45, 7) is 1.82. The Hall–Kier alpha value is -3.19. The number of hydrogen-bond donors (Lipinski definition) is 0. The molecule has 30 heavy (non-hydrogen) atoms.